The molecule has 0 aliphatic heterocycles. The van der Waals surface area contributed by atoms with Crippen LogP contribution in [0.5, 0.6) is 0 Å². The summed E-state index contributed by atoms with van der Waals surface area (Å²) >= 11 is 0.702. The minimum Gasteiger partial charge on any atom is -0.480 e. The van der Waals surface area contributed by atoms with E-state index < -0.39 is 34.1 Å². The number of nitrogens with one attached hydrogen (secondary N) is 1. The van der Waals surface area contributed by atoms with Gasteiger partial charge >= 0.3 is 5.97 Å². The highest BCUT2D eigenvalue weighted by Crippen LogP contribution is 2.22. The Morgan fingerprint density at radius 3 is 2.23 bits per heavy atom. The third-order valence-electron chi connectivity index (χ3n) is 3.61. The van der Waals surface area contributed by atoms with Crippen LogP contribution in [0.1, 0.15) is 0 Å². The number of carboxylic acids is 1. The molecule has 6 N–H and O–H groups in total. The number of nitrogens with two attached hydrogens (primary N) is 1. The summed E-state index contributed by atoms with van der Waals surface area (Å²) in [6.07, 6.45) is 0. The van der Waals surface area contributed by atoms with Crippen LogP contribution in [0.15, 0.2) is 68.6 Å². The van der Waals surface area contributed by atoms with Gasteiger partial charge in [0.25, 0.3) is 16.0 Å². The molecule has 1 amide bonds. The Morgan fingerprint density at radius 2 is 1.71 bits per heavy atom. The Bertz CT molecular complexity index is 1040. The van der Waals surface area contributed by atoms with Crippen LogP contribution in [0.4, 0.5) is 11.4 Å². The second kappa shape index (κ2) is 10.9. The lowest BCUT2D eigenvalue weighted by atomic mass is 10.1. The second-order valence-electron chi connectivity index (χ2n) is 5.73. The van der Waals surface area contributed by atoms with Gasteiger partial charge in [0.1, 0.15) is 6.04 Å². The lowest BCUT2D eigenvalue weighted by Gasteiger charge is -2.15. The summed E-state index contributed by atoms with van der Waals surface area (Å²) in [6, 6.07) is 7.15. The van der Waals surface area contributed by atoms with Crippen molar-refractivity contribution < 1.29 is 42.3 Å². The Morgan fingerprint density at radius 1 is 1.10 bits per heavy atom. The largest absolute Gasteiger partial charge is 0.480 e. The lowest BCUT2D eigenvalue weighted by molar-refractivity contribution is -0.432. The van der Waals surface area contributed by atoms with Gasteiger partial charge in [0.15, 0.2) is 6.04 Å². The van der Waals surface area contributed by atoms with Gasteiger partial charge in [-0.2, -0.15) is 18.6 Å². The zero-order valence-electron chi connectivity index (χ0n) is 15.4. The Labute approximate surface area is 179 Å². The molecule has 2 aromatic carbocycles. The van der Waals surface area contributed by atoms with Crippen molar-refractivity contribution in [2.24, 2.45) is 16.0 Å². The van der Waals surface area contributed by atoms with Crippen molar-refractivity contribution in [3.8, 4) is 0 Å². The number of rotatable bonds is 10. The molecule has 0 bridgehead atoms. The number of carbonyl (C=O) groups excluding carboxylic acids is 1. The fourth-order valence-electron chi connectivity index (χ4n) is 2.10. The van der Waals surface area contributed by atoms with E-state index in [4.69, 9.17) is 20.7 Å². The number of anilines is 1. The van der Waals surface area contributed by atoms with Crippen molar-refractivity contribution in [2.45, 2.75) is 21.9 Å². The third kappa shape index (κ3) is 7.37. The monoisotopic (exact) mass is 472 g/mol. The maximum absolute atomic E-state index is 12.5. The summed E-state index contributed by atoms with van der Waals surface area (Å²) in [5.41, 5.74) is 5.94. The SMILES string of the molecule is NC(C(=O)O)C(N=Nc1ccc(S(=O)(=O)O)cc1)C(=O)Nc1ccc(SOOO)cc1. The van der Waals surface area contributed by atoms with Crippen LogP contribution in [0.2, 0.25) is 0 Å². The van der Waals surface area contributed by atoms with E-state index in [-0.39, 0.29) is 16.3 Å². The molecule has 0 saturated heterocycles. The first kappa shape index (κ1) is 24.4. The highest BCUT2D eigenvalue weighted by atomic mass is 32.2. The predicted molar refractivity (Wildman–Crippen MR) is 106 cm³/mol. The second-order valence-corrected chi connectivity index (χ2v) is 7.93. The average Bonchev–Trinajstić information content (AvgIpc) is 2.73. The van der Waals surface area contributed by atoms with E-state index >= 15 is 0 Å². The van der Waals surface area contributed by atoms with E-state index in [9.17, 15) is 18.0 Å². The first-order valence-corrected chi connectivity index (χ1v) is 10.3. The fraction of sp³-hybridized carbons (Fsp3) is 0.125. The van der Waals surface area contributed by atoms with Gasteiger partial charge in [0, 0.05) is 10.6 Å². The van der Waals surface area contributed by atoms with Gasteiger partial charge in [-0.15, -0.1) is 4.33 Å². The Hall–Kier alpha value is -2.92. The fourth-order valence-corrected chi connectivity index (χ4v) is 2.94. The number of hydrogen-bond acceptors (Lipinski definition) is 11. The van der Waals surface area contributed by atoms with Crippen LogP contribution in [0, 0.1) is 0 Å². The zero-order chi connectivity index (χ0) is 23.0. The topological polar surface area (TPSA) is 210 Å². The molecule has 0 aromatic heterocycles. The standard InChI is InChI=1S/C16H16N4O9S2/c17-13(16(22)23)14(20-19-10-3-7-12(8-4-10)31(25,26)27)15(21)18-9-1-5-11(6-2-9)30-29-28-24/h1-8,13-14,24H,17H2,(H,18,21)(H,22,23)(H,25,26,27). The first-order chi connectivity index (χ1) is 14.6. The van der Waals surface area contributed by atoms with Crippen LogP contribution in [0.3, 0.4) is 0 Å². The summed E-state index contributed by atoms with van der Waals surface area (Å²) in [4.78, 5) is 23.9. The summed E-state index contributed by atoms with van der Waals surface area (Å²) in [5, 5.41) is 30.6. The van der Waals surface area contributed by atoms with Crippen molar-refractivity contribution in [2.75, 3.05) is 5.32 Å². The van der Waals surface area contributed by atoms with Gasteiger partial charge < -0.3 is 16.2 Å². The molecule has 0 spiro atoms. The number of carboxylic acid groups (broad SMARTS) is 1. The molecule has 0 saturated carbocycles. The van der Waals surface area contributed by atoms with Crippen molar-refractivity contribution in [3.05, 3.63) is 48.5 Å². The maximum atomic E-state index is 12.5. The van der Waals surface area contributed by atoms with Gasteiger partial charge in [-0.25, -0.2) is 5.26 Å². The number of aliphatic carboxylic acids is 1. The molecule has 0 aliphatic rings. The molecule has 2 rings (SSSR count). The third-order valence-corrected chi connectivity index (χ3v) is 5.07. The normalized spacial score (nSPS) is 13.6. The smallest absolute Gasteiger partial charge is 0.323 e. The summed E-state index contributed by atoms with van der Waals surface area (Å²) < 4.78 is 35.3. The number of hydrogen-bond donors (Lipinski definition) is 5. The molecule has 0 radical (unpaired) electrons. The zero-order valence-corrected chi connectivity index (χ0v) is 17.0. The minimum absolute atomic E-state index is 0.0928. The molecular formula is C16H16N4O9S2. The van der Waals surface area contributed by atoms with Crippen molar-refractivity contribution in [1.82, 2.24) is 0 Å². The molecule has 0 fully saturated rings. The number of carbonyl (C=O) groups is 2. The highest BCUT2D eigenvalue weighted by Gasteiger charge is 2.31. The van der Waals surface area contributed by atoms with E-state index in [1.54, 1.807) is 0 Å². The molecule has 2 aromatic rings. The van der Waals surface area contributed by atoms with Crippen LogP contribution >= 0.6 is 12.0 Å². The van der Waals surface area contributed by atoms with E-state index in [0.717, 1.165) is 12.1 Å². The van der Waals surface area contributed by atoms with Gasteiger partial charge in [-0.3, -0.25) is 14.1 Å². The quantitative estimate of drug-likeness (QED) is 0.111. The van der Waals surface area contributed by atoms with Crippen molar-refractivity contribution >= 4 is 45.4 Å². The highest BCUT2D eigenvalue weighted by molar-refractivity contribution is 7.94. The van der Waals surface area contributed by atoms with E-state index in [1.165, 1.54) is 36.4 Å². The average molecular weight is 472 g/mol. The molecule has 0 aliphatic carbocycles. The molecule has 166 valence electrons. The number of benzene rings is 2. The Kier molecular flexibility index (Phi) is 8.57. The molecular weight excluding hydrogens is 456 g/mol. The molecule has 13 nitrogen and oxygen atoms in total. The maximum Gasteiger partial charge on any atom is 0.323 e. The van der Waals surface area contributed by atoms with Crippen molar-refractivity contribution in [3.63, 3.8) is 0 Å². The van der Waals surface area contributed by atoms with Crippen LogP contribution in [-0.4, -0.2) is 47.3 Å². The van der Waals surface area contributed by atoms with E-state index in [1.807, 2.05) is 0 Å². The first-order valence-electron chi connectivity index (χ1n) is 8.14. The number of amides is 1. The molecule has 0 heterocycles. The Balaban J connectivity index is 2.16. The van der Waals surface area contributed by atoms with Crippen molar-refractivity contribution in [1.29, 1.82) is 0 Å². The summed E-state index contributed by atoms with van der Waals surface area (Å²) in [7, 11) is -4.39. The lowest BCUT2D eigenvalue weighted by Crippen LogP contribution is -2.47. The van der Waals surface area contributed by atoms with Crippen LogP contribution in [0.25, 0.3) is 0 Å². The molecule has 2 atom stereocenters. The minimum atomic E-state index is -4.39. The van der Waals surface area contributed by atoms with Crippen LogP contribution < -0.4 is 11.1 Å². The van der Waals surface area contributed by atoms with Gasteiger partial charge in [-0.05, 0) is 48.5 Å². The van der Waals surface area contributed by atoms with Gasteiger partial charge in [0.05, 0.1) is 22.6 Å². The molecule has 15 heteroatoms. The van der Waals surface area contributed by atoms with Gasteiger partial charge in [0.2, 0.25) is 0 Å². The van der Waals surface area contributed by atoms with E-state index in [2.05, 4.69) is 24.9 Å². The van der Waals surface area contributed by atoms with E-state index in [0.29, 0.717) is 16.9 Å². The predicted octanol–water partition coefficient (Wildman–Crippen LogP) is 1.86. The van der Waals surface area contributed by atoms with Crippen LogP contribution in [-0.2, 0) is 29.1 Å². The number of nitrogens with zero attached hydrogens (tertiary/aromatic N) is 2. The summed E-state index contributed by atoms with van der Waals surface area (Å²) in [6.45, 7) is 0. The molecule has 2 unspecified atom stereocenters. The molecule has 31 heavy (non-hydrogen) atoms. The number of azo groups is 1. The van der Waals surface area contributed by atoms with Gasteiger partial charge in [-0.1, -0.05) is 5.04 Å². The summed E-state index contributed by atoms with van der Waals surface area (Å²) in [5.74, 6) is -2.35.